The fourth-order valence-electron chi connectivity index (χ4n) is 1.75. The van der Waals surface area contributed by atoms with Crippen LogP contribution in [0.15, 0.2) is 52.9 Å². The van der Waals surface area contributed by atoms with Crippen molar-refractivity contribution in [2.24, 2.45) is 0 Å². The normalized spacial score (nSPS) is 9.95. The Morgan fingerprint density at radius 2 is 1.95 bits per heavy atom. The smallest absolute Gasteiger partial charge is 0.274 e. The summed E-state index contributed by atoms with van der Waals surface area (Å²) in [7, 11) is 1.63. The van der Waals surface area contributed by atoms with Crippen molar-refractivity contribution in [2.45, 2.75) is 0 Å². The van der Waals surface area contributed by atoms with Crippen LogP contribution in [0.2, 0.25) is 0 Å². The van der Waals surface area contributed by atoms with Gasteiger partial charge >= 0.3 is 0 Å². The van der Waals surface area contributed by atoms with Gasteiger partial charge in [-0.2, -0.15) is 0 Å². The zero-order valence-corrected chi connectivity index (χ0v) is 10.4. The van der Waals surface area contributed by atoms with Gasteiger partial charge in [0.1, 0.15) is 11.3 Å². The third-order valence-electron chi connectivity index (χ3n) is 2.68. The number of fused-ring (bicyclic) bond motifs is 1. The fraction of sp³-hybridized carbons (Fsp3) is 0.0625. The number of oxazole rings is 1. The van der Waals surface area contributed by atoms with Crippen LogP contribution in [0.5, 0.6) is 5.75 Å². The molecule has 0 aliphatic carbocycles. The molecule has 0 spiro atoms. The van der Waals surface area contributed by atoms with E-state index >= 15 is 0 Å². The second-order valence-electron chi connectivity index (χ2n) is 3.97. The molecule has 0 fully saturated rings. The summed E-state index contributed by atoms with van der Waals surface area (Å²) in [5.74, 6) is 7.13. The predicted molar refractivity (Wildman–Crippen MR) is 73.0 cm³/mol. The predicted octanol–water partition coefficient (Wildman–Crippen LogP) is 3.24. The van der Waals surface area contributed by atoms with Crippen LogP contribution in [0, 0.1) is 11.8 Å². The maximum absolute atomic E-state index is 5.53. The highest BCUT2D eigenvalue weighted by molar-refractivity contribution is 5.72. The summed E-state index contributed by atoms with van der Waals surface area (Å²) in [5, 5.41) is 0. The van der Waals surface area contributed by atoms with E-state index in [2.05, 4.69) is 16.8 Å². The van der Waals surface area contributed by atoms with E-state index in [0.29, 0.717) is 5.89 Å². The first-order chi connectivity index (χ1) is 9.35. The molecule has 2 aromatic carbocycles. The Morgan fingerprint density at radius 3 is 2.79 bits per heavy atom. The molecule has 3 heteroatoms. The van der Waals surface area contributed by atoms with E-state index in [9.17, 15) is 0 Å². The van der Waals surface area contributed by atoms with E-state index < -0.39 is 0 Å². The molecule has 0 aliphatic rings. The van der Waals surface area contributed by atoms with Gasteiger partial charge in [-0.25, -0.2) is 4.98 Å². The number of para-hydroxylation sites is 2. The van der Waals surface area contributed by atoms with Gasteiger partial charge in [-0.1, -0.05) is 24.1 Å². The number of aromatic nitrogens is 1. The van der Waals surface area contributed by atoms with Crippen molar-refractivity contribution in [3.8, 4) is 17.6 Å². The highest BCUT2D eigenvalue weighted by atomic mass is 16.5. The van der Waals surface area contributed by atoms with Crippen molar-refractivity contribution in [2.75, 3.05) is 7.11 Å². The Hall–Kier alpha value is -2.73. The van der Waals surface area contributed by atoms with Crippen molar-refractivity contribution in [3.05, 3.63) is 60.0 Å². The largest absolute Gasteiger partial charge is 0.497 e. The molecule has 0 bridgehead atoms. The lowest BCUT2D eigenvalue weighted by Gasteiger charge is -1.97. The maximum Gasteiger partial charge on any atom is 0.274 e. The van der Waals surface area contributed by atoms with Gasteiger partial charge in [0, 0.05) is 5.56 Å². The Labute approximate surface area is 110 Å². The minimum atomic E-state index is 0.420. The standard InChI is InChI=1S/C16H11NO2/c1-18-13-6-4-5-12(11-13)9-10-16-17-14-7-2-3-8-15(14)19-16/h2-8,11H,1H3. The molecule has 92 valence electrons. The van der Waals surface area contributed by atoms with Crippen LogP contribution >= 0.6 is 0 Å². The second-order valence-corrected chi connectivity index (χ2v) is 3.97. The molecule has 0 atom stereocenters. The number of benzene rings is 2. The molecule has 1 heterocycles. The summed E-state index contributed by atoms with van der Waals surface area (Å²) >= 11 is 0. The molecule has 3 nitrogen and oxygen atoms in total. The molecular formula is C16H11NO2. The monoisotopic (exact) mass is 249 g/mol. The molecule has 0 radical (unpaired) electrons. The van der Waals surface area contributed by atoms with E-state index in [-0.39, 0.29) is 0 Å². The SMILES string of the molecule is COc1cccc(C#Cc2nc3ccccc3o2)c1. The maximum atomic E-state index is 5.53. The minimum absolute atomic E-state index is 0.420. The van der Waals surface area contributed by atoms with E-state index in [1.807, 2.05) is 48.5 Å². The van der Waals surface area contributed by atoms with E-state index in [0.717, 1.165) is 22.4 Å². The first kappa shape index (κ1) is 11.4. The van der Waals surface area contributed by atoms with Gasteiger partial charge in [0.25, 0.3) is 5.89 Å². The number of nitrogens with zero attached hydrogens (tertiary/aromatic N) is 1. The summed E-state index contributed by atoms with van der Waals surface area (Å²) in [6, 6.07) is 15.2. The number of hydrogen-bond acceptors (Lipinski definition) is 3. The van der Waals surface area contributed by atoms with Crippen molar-refractivity contribution >= 4 is 11.1 Å². The van der Waals surface area contributed by atoms with Crippen LogP contribution in [0.25, 0.3) is 11.1 Å². The van der Waals surface area contributed by atoms with Crippen molar-refractivity contribution in [1.29, 1.82) is 0 Å². The summed E-state index contributed by atoms with van der Waals surface area (Å²) in [6.45, 7) is 0. The molecule has 0 saturated heterocycles. The van der Waals surface area contributed by atoms with Crippen molar-refractivity contribution in [3.63, 3.8) is 0 Å². The summed E-state index contributed by atoms with van der Waals surface area (Å²) < 4.78 is 10.7. The van der Waals surface area contributed by atoms with E-state index in [4.69, 9.17) is 9.15 Å². The molecule has 0 aliphatic heterocycles. The van der Waals surface area contributed by atoms with Crippen molar-refractivity contribution in [1.82, 2.24) is 4.98 Å². The third kappa shape index (κ3) is 2.43. The Bertz CT molecular complexity index is 745. The average Bonchev–Trinajstić information content (AvgIpc) is 2.88. The fourth-order valence-corrected chi connectivity index (χ4v) is 1.75. The van der Waals surface area contributed by atoms with Gasteiger partial charge in [0.05, 0.1) is 7.11 Å². The zero-order valence-electron chi connectivity index (χ0n) is 10.4. The first-order valence-corrected chi connectivity index (χ1v) is 5.87. The molecule has 19 heavy (non-hydrogen) atoms. The minimum Gasteiger partial charge on any atom is -0.497 e. The number of hydrogen-bond donors (Lipinski definition) is 0. The molecular weight excluding hydrogens is 238 g/mol. The quantitative estimate of drug-likeness (QED) is 0.621. The van der Waals surface area contributed by atoms with Crippen LogP contribution in [0.3, 0.4) is 0 Å². The van der Waals surface area contributed by atoms with Gasteiger partial charge in [0.15, 0.2) is 5.58 Å². The summed E-state index contributed by atoms with van der Waals surface area (Å²) in [6.07, 6.45) is 0. The zero-order chi connectivity index (χ0) is 13.1. The Kier molecular flexibility index (Phi) is 2.91. The van der Waals surface area contributed by atoms with Gasteiger partial charge < -0.3 is 9.15 Å². The number of methoxy groups -OCH3 is 1. The van der Waals surface area contributed by atoms with Gasteiger partial charge in [-0.05, 0) is 36.3 Å². The van der Waals surface area contributed by atoms with E-state index in [1.165, 1.54) is 0 Å². The van der Waals surface area contributed by atoms with Crippen LogP contribution in [0.1, 0.15) is 11.5 Å². The Balaban J connectivity index is 1.94. The number of ether oxygens (including phenoxy) is 1. The molecule has 0 N–H and O–H groups in total. The topological polar surface area (TPSA) is 35.3 Å². The van der Waals surface area contributed by atoms with Crippen molar-refractivity contribution < 1.29 is 9.15 Å². The molecule has 0 amide bonds. The van der Waals surface area contributed by atoms with Crippen LogP contribution in [-0.4, -0.2) is 12.1 Å². The van der Waals surface area contributed by atoms with Crippen LogP contribution < -0.4 is 4.74 Å². The van der Waals surface area contributed by atoms with Crippen LogP contribution in [-0.2, 0) is 0 Å². The molecule has 0 unspecified atom stereocenters. The second kappa shape index (κ2) is 4.87. The molecule has 1 aromatic heterocycles. The lowest BCUT2D eigenvalue weighted by molar-refractivity contribution is 0.414. The average molecular weight is 249 g/mol. The van der Waals surface area contributed by atoms with E-state index in [1.54, 1.807) is 7.11 Å². The molecule has 3 rings (SSSR count). The summed E-state index contributed by atoms with van der Waals surface area (Å²) in [5.41, 5.74) is 2.43. The highest BCUT2D eigenvalue weighted by Gasteiger charge is 2.01. The van der Waals surface area contributed by atoms with Gasteiger partial charge in [-0.15, -0.1) is 0 Å². The van der Waals surface area contributed by atoms with Crippen LogP contribution in [0.4, 0.5) is 0 Å². The molecule has 0 saturated carbocycles. The van der Waals surface area contributed by atoms with Gasteiger partial charge in [0.2, 0.25) is 0 Å². The van der Waals surface area contributed by atoms with Gasteiger partial charge in [-0.3, -0.25) is 0 Å². The first-order valence-electron chi connectivity index (χ1n) is 5.87. The lowest BCUT2D eigenvalue weighted by atomic mass is 10.2. The lowest BCUT2D eigenvalue weighted by Crippen LogP contribution is -1.83. The highest BCUT2D eigenvalue weighted by Crippen LogP contribution is 2.14. The third-order valence-corrected chi connectivity index (χ3v) is 2.68. The Morgan fingerprint density at radius 1 is 1.05 bits per heavy atom. The number of rotatable bonds is 1. The molecule has 3 aromatic rings. The summed E-state index contributed by atoms with van der Waals surface area (Å²) in [4.78, 5) is 4.30.